The minimum atomic E-state index is -0.0381. The van der Waals surface area contributed by atoms with Gasteiger partial charge in [0.25, 0.3) is 0 Å². The maximum Gasteiger partial charge on any atom is 0.148 e. The number of hydrogen-bond donors (Lipinski definition) is 1. The number of nitrogens with one attached hydrogen (secondary N) is 1. The van der Waals surface area contributed by atoms with Gasteiger partial charge in [-0.2, -0.15) is 0 Å². The largest absolute Gasteiger partial charge is 0.486 e. The fourth-order valence-corrected chi connectivity index (χ4v) is 2.92. The first kappa shape index (κ1) is 16.2. The monoisotopic (exact) mass is 331 g/mol. The molecule has 122 valence electrons. The zero-order chi connectivity index (χ0) is 16.2. The summed E-state index contributed by atoms with van der Waals surface area (Å²) in [6.45, 7) is 5.91. The first-order chi connectivity index (χ1) is 11.1. The van der Waals surface area contributed by atoms with Crippen molar-refractivity contribution in [1.29, 1.82) is 0 Å². The van der Waals surface area contributed by atoms with Crippen LogP contribution in [0.1, 0.15) is 17.5 Å². The van der Waals surface area contributed by atoms with Crippen molar-refractivity contribution in [2.24, 2.45) is 0 Å². The van der Waals surface area contributed by atoms with Crippen LogP contribution < -0.4 is 14.8 Å². The molecule has 0 saturated carbocycles. The second-order valence-corrected chi connectivity index (χ2v) is 6.45. The number of benzene rings is 2. The standard InChI is InChI=1S/C19H22ClNO2/c1-13-6-7-17(10-14(13)2)22-18-8-9-21-12-19(18)23-16-5-3-4-15(20)11-16/h3-7,10-11,18-19,21H,8-9,12H2,1-2H3. The van der Waals surface area contributed by atoms with Gasteiger partial charge in [-0.05, 0) is 61.9 Å². The van der Waals surface area contributed by atoms with Crippen LogP contribution in [0.5, 0.6) is 11.5 Å². The van der Waals surface area contributed by atoms with Gasteiger partial charge in [-0.15, -0.1) is 0 Å². The molecular weight excluding hydrogens is 310 g/mol. The van der Waals surface area contributed by atoms with Crippen molar-refractivity contribution in [3.63, 3.8) is 0 Å². The van der Waals surface area contributed by atoms with Crippen LogP contribution in [0.4, 0.5) is 0 Å². The summed E-state index contributed by atoms with van der Waals surface area (Å²) in [7, 11) is 0. The molecule has 2 aromatic rings. The molecule has 0 bridgehead atoms. The Labute approximate surface area is 142 Å². The Morgan fingerprint density at radius 2 is 1.74 bits per heavy atom. The summed E-state index contributed by atoms with van der Waals surface area (Å²) in [4.78, 5) is 0. The lowest BCUT2D eigenvalue weighted by Gasteiger charge is -2.32. The Morgan fingerprint density at radius 3 is 2.52 bits per heavy atom. The molecule has 2 atom stereocenters. The predicted molar refractivity (Wildman–Crippen MR) is 93.7 cm³/mol. The van der Waals surface area contributed by atoms with Crippen molar-refractivity contribution in [2.45, 2.75) is 32.5 Å². The fraction of sp³-hybridized carbons (Fsp3) is 0.368. The molecule has 0 radical (unpaired) electrons. The van der Waals surface area contributed by atoms with Crippen LogP contribution in [0.15, 0.2) is 42.5 Å². The summed E-state index contributed by atoms with van der Waals surface area (Å²) in [6, 6.07) is 13.7. The summed E-state index contributed by atoms with van der Waals surface area (Å²) in [5.74, 6) is 1.68. The minimum absolute atomic E-state index is 0.0253. The first-order valence-electron chi connectivity index (χ1n) is 7.98. The summed E-state index contributed by atoms with van der Waals surface area (Å²) >= 11 is 6.03. The van der Waals surface area contributed by atoms with E-state index in [4.69, 9.17) is 21.1 Å². The summed E-state index contributed by atoms with van der Waals surface area (Å²) in [6.07, 6.45) is 0.902. The van der Waals surface area contributed by atoms with E-state index in [-0.39, 0.29) is 12.2 Å². The highest BCUT2D eigenvalue weighted by molar-refractivity contribution is 6.30. The molecule has 0 amide bonds. The number of aryl methyl sites for hydroxylation is 2. The van der Waals surface area contributed by atoms with E-state index in [1.807, 2.05) is 30.3 Å². The van der Waals surface area contributed by atoms with Gasteiger partial charge in [0.1, 0.15) is 23.7 Å². The SMILES string of the molecule is Cc1ccc(OC2CCNCC2Oc2cccc(Cl)c2)cc1C. The Kier molecular flexibility index (Phi) is 5.09. The first-order valence-corrected chi connectivity index (χ1v) is 8.36. The van der Waals surface area contributed by atoms with Gasteiger partial charge in [0.2, 0.25) is 0 Å². The molecule has 1 fully saturated rings. The van der Waals surface area contributed by atoms with E-state index >= 15 is 0 Å². The normalized spacial score (nSPS) is 21.0. The Balaban J connectivity index is 1.72. The van der Waals surface area contributed by atoms with Gasteiger partial charge in [0, 0.05) is 18.0 Å². The lowest BCUT2D eigenvalue weighted by molar-refractivity contribution is 0.0324. The van der Waals surface area contributed by atoms with E-state index in [0.29, 0.717) is 5.02 Å². The minimum Gasteiger partial charge on any atom is -0.486 e. The average Bonchev–Trinajstić information content (AvgIpc) is 2.53. The number of hydrogen-bond acceptors (Lipinski definition) is 3. The molecule has 2 unspecified atom stereocenters. The molecule has 0 aliphatic carbocycles. The van der Waals surface area contributed by atoms with E-state index in [1.165, 1.54) is 11.1 Å². The highest BCUT2D eigenvalue weighted by Gasteiger charge is 2.28. The molecule has 2 aromatic carbocycles. The second kappa shape index (κ2) is 7.24. The van der Waals surface area contributed by atoms with Crippen LogP contribution in [0.2, 0.25) is 5.02 Å². The van der Waals surface area contributed by atoms with E-state index in [9.17, 15) is 0 Å². The molecule has 1 aliphatic rings. The lowest BCUT2D eigenvalue weighted by Crippen LogP contribution is -2.49. The molecule has 3 nitrogen and oxygen atoms in total. The Hall–Kier alpha value is -1.71. The smallest absolute Gasteiger partial charge is 0.148 e. The fourth-order valence-electron chi connectivity index (χ4n) is 2.74. The van der Waals surface area contributed by atoms with Crippen molar-refractivity contribution in [2.75, 3.05) is 13.1 Å². The number of rotatable bonds is 4. The van der Waals surface area contributed by atoms with Crippen LogP contribution in [0, 0.1) is 13.8 Å². The van der Waals surface area contributed by atoms with Crippen LogP contribution in [0.3, 0.4) is 0 Å². The summed E-state index contributed by atoms with van der Waals surface area (Å²) in [5.41, 5.74) is 2.51. The van der Waals surface area contributed by atoms with Gasteiger partial charge in [-0.1, -0.05) is 23.7 Å². The van der Waals surface area contributed by atoms with Crippen LogP contribution in [-0.2, 0) is 0 Å². The third kappa shape index (κ3) is 4.18. The highest BCUT2D eigenvalue weighted by Crippen LogP contribution is 2.24. The quantitative estimate of drug-likeness (QED) is 0.913. The lowest BCUT2D eigenvalue weighted by atomic mass is 10.1. The third-order valence-electron chi connectivity index (χ3n) is 4.22. The second-order valence-electron chi connectivity index (χ2n) is 6.01. The Bertz CT molecular complexity index is 674. The zero-order valence-corrected chi connectivity index (χ0v) is 14.3. The highest BCUT2D eigenvalue weighted by atomic mass is 35.5. The van der Waals surface area contributed by atoms with Gasteiger partial charge in [0.15, 0.2) is 0 Å². The number of ether oxygens (including phenoxy) is 2. The molecule has 4 heteroatoms. The van der Waals surface area contributed by atoms with Crippen LogP contribution >= 0.6 is 11.6 Å². The van der Waals surface area contributed by atoms with Gasteiger partial charge < -0.3 is 14.8 Å². The number of piperidine rings is 1. The zero-order valence-electron chi connectivity index (χ0n) is 13.5. The maximum atomic E-state index is 6.21. The van der Waals surface area contributed by atoms with Crippen molar-refractivity contribution >= 4 is 11.6 Å². The van der Waals surface area contributed by atoms with Crippen molar-refractivity contribution < 1.29 is 9.47 Å². The van der Waals surface area contributed by atoms with E-state index in [1.54, 1.807) is 0 Å². The van der Waals surface area contributed by atoms with Crippen molar-refractivity contribution in [3.8, 4) is 11.5 Å². The third-order valence-corrected chi connectivity index (χ3v) is 4.45. The Morgan fingerprint density at radius 1 is 0.957 bits per heavy atom. The average molecular weight is 332 g/mol. The maximum absolute atomic E-state index is 6.21. The van der Waals surface area contributed by atoms with E-state index < -0.39 is 0 Å². The van der Waals surface area contributed by atoms with Crippen molar-refractivity contribution in [3.05, 3.63) is 58.6 Å². The van der Waals surface area contributed by atoms with Crippen LogP contribution in [0.25, 0.3) is 0 Å². The number of halogens is 1. The predicted octanol–water partition coefficient (Wildman–Crippen LogP) is 4.15. The van der Waals surface area contributed by atoms with Crippen molar-refractivity contribution in [1.82, 2.24) is 5.32 Å². The molecule has 3 rings (SSSR count). The van der Waals surface area contributed by atoms with Gasteiger partial charge in [0.05, 0.1) is 0 Å². The van der Waals surface area contributed by atoms with Gasteiger partial charge >= 0.3 is 0 Å². The molecule has 1 aliphatic heterocycles. The summed E-state index contributed by atoms with van der Waals surface area (Å²) in [5, 5.41) is 4.05. The molecule has 0 spiro atoms. The van der Waals surface area contributed by atoms with E-state index in [2.05, 4.69) is 31.3 Å². The molecule has 1 N–H and O–H groups in total. The van der Waals surface area contributed by atoms with Gasteiger partial charge in [-0.25, -0.2) is 0 Å². The molecule has 1 saturated heterocycles. The van der Waals surface area contributed by atoms with Crippen LogP contribution in [-0.4, -0.2) is 25.3 Å². The van der Waals surface area contributed by atoms with E-state index in [0.717, 1.165) is 31.0 Å². The molecule has 23 heavy (non-hydrogen) atoms. The topological polar surface area (TPSA) is 30.5 Å². The molecule has 0 aromatic heterocycles. The van der Waals surface area contributed by atoms with Gasteiger partial charge in [-0.3, -0.25) is 0 Å². The molecule has 1 heterocycles. The molecular formula is C19H22ClNO2. The summed E-state index contributed by atoms with van der Waals surface area (Å²) < 4.78 is 12.3.